The molecule has 2 rings (SSSR count). The van der Waals surface area contributed by atoms with Crippen molar-refractivity contribution in [1.29, 1.82) is 0 Å². The number of rotatable bonds is 7. The van der Waals surface area contributed by atoms with Crippen molar-refractivity contribution in [3.8, 4) is 5.75 Å². The van der Waals surface area contributed by atoms with Gasteiger partial charge in [-0.15, -0.1) is 0 Å². The van der Waals surface area contributed by atoms with Crippen LogP contribution in [0.4, 0.5) is 5.69 Å². The first-order valence-corrected chi connectivity index (χ1v) is 7.21. The highest BCUT2D eigenvalue weighted by molar-refractivity contribution is 5.49. The molecule has 0 saturated carbocycles. The van der Waals surface area contributed by atoms with Gasteiger partial charge in [0.2, 0.25) is 0 Å². The molecule has 3 heteroatoms. The third-order valence-corrected chi connectivity index (χ3v) is 3.51. The molecule has 0 aliphatic heterocycles. The molecule has 1 N–H and O–H groups in total. The molecule has 0 aromatic heterocycles. The van der Waals surface area contributed by atoms with Gasteiger partial charge in [0.15, 0.2) is 0 Å². The summed E-state index contributed by atoms with van der Waals surface area (Å²) in [6, 6.07) is 14.5. The Balaban J connectivity index is 2.00. The number of nitrogens with one attached hydrogen (secondary N) is 1. The molecule has 2 aromatic carbocycles. The molecule has 0 saturated heterocycles. The lowest BCUT2D eigenvalue weighted by Crippen LogP contribution is -2.07. The van der Waals surface area contributed by atoms with Crippen molar-refractivity contribution in [2.75, 3.05) is 25.6 Å². The quantitative estimate of drug-likeness (QED) is 0.782. The predicted octanol–water partition coefficient (Wildman–Crippen LogP) is 3.94. The number of methoxy groups -OCH3 is 1. The topological polar surface area (TPSA) is 30.5 Å². The Kier molecular flexibility index (Phi) is 5.64. The lowest BCUT2D eigenvalue weighted by Gasteiger charge is -2.13. The molecule has 0 atom stereocenters. The second kappa shape index (κ2) is 7.70. The summed E-state index contributed by atoms with van der Waals surface area (Å²) in [5, 5.41) is 3.45. The number of anilines is 1. The van der Waals surface area contributed by atoms with E-state index in [1.54, 1.807) is 7.11 Å². The van der Waals surface area contributed by atoms with Gasteiger partial charge in [0, 0.05) is 24.9 Å². The molecule has 0 aliphatic rings. The summed E-state index contributed by atoms with van der Waals surface area (Å²) in [6.07, 6.45) is 0. The third kappa shape index (κ3) is 4.50. The van der Waals surface area contributed by atoms with Crippen molar-refractivity contribution in [2.45, 2.75) is 20.4 Å². The summed E-state index contributed by atoms with van der Waals surface area (Å²) in [4.78, 5) is 0. The van der Waals surface area contributed by atoms with E-state index in [9.17, 15) is 0 Å². The molecule has 112 valence electrons. The molecule has 2 aromatic rings. The van der Waals surface area contributed by atoms with Crippen LogP contribution in [-0.4, -0.2) is 20.3 Å². The van der Waals surface area contributed by atoms with Crippen molar-refractivity contribution < 1.29 is 9.47 Å². The maximum absolute atomic E-state index is 5.74. The minimum absolute atomic E-state index is 0.567. The van der Waals surface area contributed by atoms with Gasteiger partial charge in [0.05, 0.1) is 6.61 Å². The van der Waals surface area contributed by atoms with E-state index < -0.39 is 0 Å². The Morgan fingerprint density at radius 2 is 1.76 bits per heavy atom. The molecule has 0 radical (unpaired) electrons. The number of para-hydroxylation sites is 1. The number of ether oxygens (including phenoxy) is 2. The summed E-state index contributed by atoms with van der Waals surface area (Å²) < 4.78 is 10.8. The third-order valence-electron chi connectivity index (χ3n) is 3.51. The van der Waals surface area contributed by atoms with E-state index in [1.165, 1.54) is 11.1 Å². The number of hydrogen-bond donors (Lipinski definition) is 1. The van der Waals surface area contributed by atoms with Crippen LogP contribution in [0.25, 0.3) is 0 Å². The van der Waals surface area contributed by atoms with Gasteiger partial charge in [-0.05, 0) is 43.2 Å². The largest absolute Gasteiger partial charge is 0.491 e. The maximum Gasteiger partial charge on any atom is 0.124 e. The first-order valence-electron chi connectivity index (χ1n) is 7.21. The molecular weight excluding hydrogens is 262 g/mol. The molecule has 0 aliphatic carbocycles. The average Bonchev–Trinajstić information content (AvgIpc) is 2.50. The van der Waals surface area contributed by atoms with Crippen molar-refractivity contribution in [2.24, 2.45) is 0 Å². The Labute approximate surface area is 126 Å². The molecule has 0 bridgehead atoms. The summed E-state index contributed by atoms with van der Waals surface area (Å²) in [5.41, 5.74) is 4.88. The molecule has 21 heavy (non-hydrogen) atoms. The van der Waals surface area contributed by atoms with Crippen molar-refractivity contribution in [3.63, 3.8) is 0 Å². The lowest BCUT2D eigenvalue weighted by atomic mass is 10.1. The molecule has 0 unspecified atom stereocenters. The summed E-state index contributed by atoms with van der Waals surface area (Å²) in [6.45, 7) is 6.15. The fourth-order valence-electron chi connectivity index (χ4n) is 2.07. The van der Waals surface area contributed by atoms with Crippen LogP contribution in [-0.2, 0) is 11.3 Å². The van der Waals surface area contributed by atoms with E-state index in [1.807, 2.05) is 18.2 Å². The Morgan fingerprint density at radius 1 is 0.952 bits per heavy atom. The van der Waals surface area contributed by atoms with E-state index in [2.05, 4.69) is 43.4 Å². The van der Waals surface area contributed by atoms with Crippen LogP contribution in [0.1, 0.15) is 16.7 Å². The summed E-state index contributed by atoms with van der Waals surface area (Å²) >= 11 is 0. The Bertz CT molecular complexity index is 581. The van der Waals surface area contributed by atoms with Gasteiger partial charge in [-0.1, -0.05) is 24.3 Å². The minimum Gasteiger partial charge on any atom is -0.491 e. The van der Waals surface area contributed by atoms with Gasteiger partial charge >= 0.3 is 0 Å². The fourth-order valence-corrected chi connectivity index (χ4v) is 2.07. The van der Waals surface area contributed by atoms with E-state index in [0.29, 0.717) is 13.2 Å². The van der Waals surface area contributed by atoms with Crippen LogP contribution in [0, 0.1) is 13.8 Å². The molecule has 3 nitrogen and oxygen atoms in total. The zero-order valence-corrected chi connectivity index (χ0v) is 13.0. The van der Waals surface area contributed by atoms with E-state index >= 15 is 0 Å². The van der Waals surface area contributed by atoms with Crippen molar-refractivity contribution in [1.82, 2.24) is 0 Å². The Hall–Kier alpha value is -2.00. The van der Waals surface area contributed by atoms with E-state index in [4.69, 9.17) is 9.47 Å². The van der Waals surface area contributed by atoms with Crippen LogP contribution in [0.2, 0.25) is 0 Å². The minimum atomic E-state index is 0.567. The SMILES string of the molecule is COCCOc1ccccc1CNc1ccc(C)c(C)c1. The van der Waals surface area contributed by atoms with Gasteiger partial charge in [0.25, 0.3) is 0 Å². The van der Waals surface area contributed by atoms with Crippen molar-refractivity contribution in [3.05, 3.63) is 59.2 Å². The highest BCUT2D eigenvalue weighted by Gasteiger charge is 2.03. The highest BCUT2D eigenvalue weighted by Crippen LogP contribution is 2.20. The van der Waals surface area contributed by atoms with Crippen LogP contribution in [0.3, 0.4) is 0 Å². The van der Waals surface area contributed by atoms with Crippen LogP contribution >= 0.6 is 0 Å². The molecule has 0 spiro atoms. The second-order valence-electron chi connectivity index (χ2n) is 5.10. The summed E-state index contributed by atoms with van der Waals surface area (Å²) in [7, 11) is 1.68. The lowest BCUT2D eigenvalue weighted by molar-refractivity contribution is 0.146. The molecule has 0 fully saturated rings. The zero-order valence-electron chi connectivity index (χ0n) is 13.0. The van der Waals surface area contributed by atoms with Crippen LogP contribution in [0.15, 0.2) is 42.5 Å². The molecule has 0 amide bonds. The number of hydrogen-bond acceptors (Lipinski definition) is 3. The predicted molar refractivity (Wildman–Crippen MR) is 87.1 cm³/mol. The van der Waals surface area contributed by atoms with E-state index in [-0.39, 0.29) is 0 Å². The number of benzene rings is 2. The first kappa shape index (κ1) is 15.4. The van der Waals surface area contributed by atoms with Crippen LogP contribution in [0.5, 0.6) is 5.75 Å². The monoisotopic (exact) mass is 285 g/mol. The summed E-state index contributed by atoms with van der Waals surface area (Å²) in [5.74, 6) is 0.908. The van der Waals surface area contributed by atoms with E-state index in [0.717, 1.165) is 23.5 Å². The first-order chi connectivity index (χ1) is 10.2. The van der Waals surface area contributed by atoms with Crippen molar-refractivity contribution >= 4 is 5.69 Å². The van der Waals surface area contributed by atoms with Gasteiger partial charge < -0.3 is 14.8 Å². The number of aryl methyl sites for hydroxylation is 2. The van der Waals surface area contributed by atoms with Gasteiger partial charge in [0.1, 0.15) is 12.4 Å². The Morgan fingerprint density at radius 3 is 2.52 bits per heavy atom. The van der Waals surface area contributed by atoms with Gasteiger partial charge in [-0.2, -0.15) is 0 Å². The zero-order chi connectivity index (χ0) is 15.1. The standard InChI is InChI=1S/C18H23NO2/c1-14-8-9-17(12-15(14)2)19-13-16-6-4-5-7-18(16)21-11-10-20-3/h4-9,12,19H,10-11,13H2,1-3H3. The molecule has 0 heterocycles. The fraction of sp³-hybridized carbons (Fsp3) is 0.333. The van der Waals surface area contributed by atoms with Gasteiger partial charge in [-0.3, -0.25) is 0 Å². The smallest absolute Gasteiger partial charge is 0.124 e. The van der Waals surface area contributed by atoms with Gasteiger partial charge in [-0.25, -0.2) is 0 Å². The highest BCUT2D eigenvalue weighted by atomic mass is 16.5. The maximum atomic E-state index is 5.74. The second-order valence-corrected chi connectivity index (χ2v) is 5.10. The van der Waals surface area contributed by atoms with Crippen LogP contribution < -0.4 is 10.1 Å². The normalized spacial score (nSPS) is 10.4. The molecular formula is C18H23NO2. The average molecular weight is 285 g/mol.